The van der Waals surface area contributed by atoms with Crippen molar-refractivity contribution < 1.29 is 14.0 Å². The van der Waals surface area contributed by atoms with Gasteiger partial charge in [-0.3, -0.25) is 9.59 Å². The fraction of sp³-hybridized carbons (Fsp3) is 0.238. The van der Waals surface area contributed by atoms with Crippen LogP contribution in [0.2, 0.25) is 0 Å². The molecule has 2 aromatic rings. The van der Waals surface area contributed by atoms with Gasteiger partial charge in [-0.05, 0) is 41.8 Å². The number of hydrogen-bond acceptors (Lipinski definition) is 3. The maximum absolute atomic E-state index is 13.3. The molecule has 1 aliphatic rings. The standard InChI is InChI=1S/C21H20FNO2S/c1-4-14-5-11-17(12-6-14)23-20(24)18(15-7-9-16(22)10-8-15)19(21(23)25)26-13(2)3/h5-13H,4H2,1-3H3. The Morgan fingerprint density at radius 3 is 2.12 bits per heavy atom. The molecule has 0 atom stereocenters. The number of nitrogens with zero attached hydrogens (tertiary/aromatic N) is 1. The highest BCUT2D eigenvalue weighted by molar-refractivity contribution is 8.04. The van der Waals surface area contributed by atoms with E-state index in [-0.39, 0.29) is 22.9 Å². The van der Waals surface area contributed by atoms with Crippen molar-refractivity contribution in [3.63, 3.8) is 0 Å². The number of anilines is 1. The molecule has 1 aliphatic heterocycles. The van der Waals surface area contributed by atoms with E-state index in [9.17, 15) is 14.0 Å². The fourth-order valence-corrected chi connectivity index (χ4v) is 3.83. The van der Waals surface area contributed by atoms with Gasteiger partial charge < -0.3 is 0 Å². The highest BCUT2D eigenvalue weighted by atomic mass is 32.2. The van der Waals surface area contributed by atoms with Crippen molar-refractivity contribution in [2.45, 2.75) is 32.4 Å². The van der Waals surface area contributed by atoms with E-state index in [0.717, 1.165) is 12.0 Å². The van der Waals surface area contributed by atoms with Crippen molar-refractivity contribution in [3.8, 4) is 0 Å². The third-order valence-electron chi connectivity index (χ3n) is 4.13. The zero-order chi connectivity index (χ0) is 18.8. The predicted octanol–water partition coefficient (Wildman–Crippen LogP) is 4.81. The van der Waals surface area contributed by atoms with Crippen LogP contribution in [-0.2, 0) is 16.0 Å². The molecule has 5 heteroatoms. The molecule has 2 aromatic carbocycles. The first-order chi connectivity index (χ1) is 12.4. The minimum Gasteiger partial charge on any atom is -0.268 e. The van der Waals surface area contributed by atoms with E-state index in [2.05, 4.69) is 0 Å². The quantitative estimate of drug-likeness (QED) is 0.710. The minimum absolute atomic E-state index is 0.139. The lowest BCUT2D eigenvalue weighted by molar-refractivity contribution is -0.119. The van der Waals surface area contributed by atoms with Crippen molar-refractivity contribution >= 4 is 34.8 Å². The summed E-state index contributed by atoms with van der Waals surface area (Å²) in [7, 11) is 0. The van der Waals surface area contributed by atoms with Gasteiger partial charge in [0.15, 0.2) is 0 Å². The van der Waals surface area contributed by atoms with Gasteiger partial charge in [0.2, 0.25) is 0 Å². The van der Waals surface area contributed by atoms with E-state index >= 15 is 0 Å². The van der Waals surface area contributed by atoms with Crippen LogP contribution in [0.4, 0.5) is 10.1 Å². The second-order valence-electron chi connectivity index (χ2n) is 6.34. The number of hydrogen-bond donors (Lipinski definition) is 0. The summed E-state index contributed by atoms with van der Waals surface area (Å²) in [5.41, 5.74) is 2.58. The molecule has 3 nitrogen and oxygen atoms in total. The molecule has 0 saturated carbocycles. The van der Waals surface area contributed by atoms with Gasteiger partial charge in [0, 0.05) is 5.25 Å². The number of thioether (sulfide) groups is 1. The van der Waals surface area contributed by atoms with Gasteiger partial charge in [0.25, 0.3) is 11.8 Å². The Hall–Kier alpha value is -2.40. The summed E-state index contributed by atoms with van der Waals surface area (Å²) < 4.78 is 13.3. The smallest absolute Gasteiger partial charge is 0.268 e. The zero-order valence-electron chi connectivity index (χ0n) is 15.0. The Bertz CT molecular complexity index is 870. The summed E-state index contributed by atoms with van der Waals surface area (Å²) in [5, 5.41) is 0.139. The lowest BCUT2D eigenvalue weighted by atomic mass is 10.1. The molecule has 0 fully saturated rings. The first kappa shape index (κ1) is 18.4. The van der Waals surface area contributed by atoms with E-state index < -0.39 is 0 Å². The highest BCUT2D eigenvalue weighted by Gasteiger charge is 2.40. The van der Waals surface area contributed by atoms with Crippen LogP contribution in [0, 0.1) is 5.82 Å². The van der Waals surface area contributed by atoms with Crippen LogP contribution in [0.3, 0.4) is 0 Å². The number of carbonyl (C=O) groups is 2. The van der Waals surface area contributed by atoms with Crippen LogP contribution in [-0.4, -0.2) is 17.1 Å². The Kier molecular flexibility index (Phi) is 5.28. The van der Waals surface area contributed by atoms with Crippen LogP contribution >= 0.6 is 11.8 Å². The molecular weight excluding hydrogens is 349 g/mol. The number of aryl methyl sites for hydroxylation is 1. The molecule has 0 bridgehead atoms. The van der Waals surface area contributed by atoms with E-state index in [1.165, 1.54) is 28.8 Å². The third kappa shape index (κ3) is 3.44. The molecular formula is C21H20FNO2S. The SMILES string of the molecule is CCc1ccc(N2C(=O)C(SC(C)C)=C(c3ccc(F)cc3)C2=O)cc1. The summed E-state index contributed by atoms with van der Waals surface area (Å²) in [6.07, 6.45) is 0.885. The molecule has 0 N–H and O–H groups in total. The second-order valence-corrected chi connectivity index (χ2v) is 7.93. The average molecular weight is 369 g/mol. The summed E-state index contributed by atoms with van der Waals surface area (Å²) in [6.45, 7) is 5.99. The van der Waals surface area contributed by atoms with Gasteiger partial charge in [0.1, 0.15) is 5.82 Å². The van der Waals surface area contributed by atoms with Crippen LogP contribution in [0.15, 0.2) is 53.4 Å². The van der Waals surface area contributed by atoms with Crippen LogP contribution < -0.4 is 4.90 Å². The molecule has 0 aliphatic carbocycles. The average Bonchev–Trinajstić information content (AvgIpc) is 2.86. The number of halogens is 1. The molecule has 0 radical (unpaired) electrons. The van der Waals surface area contributed by atoms with Gasteiger partial charge in [-0.1, -0.05) is 45.0 Å². The third-order valence-corrected chi connectivity index (χ3v) is 5.22. The van der Waals surface area contributed by atoms with E-state index in [1.807, 2.05) is 32.9 Å². The molecule has 3 rings (SSSR count). The number of carbonyl (C=O) groups excluding carboxylic acids is 2. The van der Waals surface area contributed by atoms with Crippen molar-refractivity contribution in [3.05, 3.63) is 70.4 Å². The lowest BCUT2D eigenvalue weighted by Crippen LogP contribution is -2.31. The number of rotatable bonds is 5. The summed E-state index contributed by atoms with van der Waals surface area (Å²) in [5.74, 6) is -1.07. The zero-order valence-corrected chi connectivity index (χ0v) is 15.8. The Morgan fingerprint density at radius 2 is 1.58 bits per heavy atom. The molecule has 1 heterocycles. The lowest BCUT2D eigenvalue weighted by Gasteiger charge is -2.16. The fourth-order valence-electron chi connectivity index (χ4n) is 2.84. The maximum atomic E-state index is 13.3. The van der Waals surface area contributed by atoms with Crippen molar-refractivity contribution in [1.82, 2.24) is 0 Å². The molecule has 0 aromatic heterocycles. The Balaban J connectivity index is 2.06. The minimum atomic E-state index is -0.379. The molecule has 2 amide bonds. The summed E-state index contributed by atoms with van der Waals surface area (Å²) in [4.78, 5) is 27.7. The van der Waals surface area contributed by atoms with Gasteiger partial charge in [0.05, 0.1) is 16.2 Å². The molecule has 0 unspecified atom stereocenters. The van der Waals surface area contributed by atoms with Crippen LogP contribution in [0.5, 0.6) is 0 Å². The maximum Gasteiger partial charge on any atom is 0.272 e. The predicted molar refractivity (Wildman–Crippen MR) is 104 cm³/mol. The number of imide groups is 1. The highest BCUT2D eigenvalue weighted by Crippen LogP contribution is 2.39. The van der Waals surface area contributed by atoms with E-state index in [4.69, 9.17) is 0 Å². The van der Waals surface area contributed by atoms with Gasteiger partial charge in [-0.25, -0.2) is 9.29 Å². The van der Waals surface area contributed by atoms with Crippen molar-refractivity contribution in [2.24, 2.45) is 0 Å². The van der Waals surface area contributed by atoms with Gasteiger partial charge in [-0.15, -0.1) is 11.8 Å². The molecule has 134 valence electrons. The molecule has 0 spiro atoms. The van der Waals surface area contributed by atoms with Crippen LogP contribution in [0.1, 0.15) is 31.9 Å². The summed E-state index contributed by atoms with van der Waals surface area (Å²) in [6, 6.07) is 13.1. The number of amides is 2. The largest absolute Gasteiger partial charge is 0.272 e. The Labute approximate surface area is 156 Å². The van der Waals surface area contributed by atoms with E-state index in [0.29, 0.717) is 21.7 Å². The van der Waals surface area contributed by atoms with Crippen LogP contribution in [0.25, 0.3) is 5.57 Å². The first-order valence-corrected chi connectivity index (χ1v) is 9.45. The van der Waals surface area contributed by atoms with Crippen molar-refractivity contribution in [2.75, 3.05) is 4.90 Å². The van der Waals surface area contributed by atoms with Gasteiger partial charge >= 0.3 is 0 Å². The first-order valence-electron chi connectivity index (χ1n) is 8.57. The summed E-state index contributed by atoms with van der Waals surface area (Å²) >= 11 is 1.36. The normalized spacial score (nSPS) is 14.7. The van der Waals surface area contributed by atoms with E-state index in [1.54, 1.807) is 24.3 Å². The van der Waals surface area contributed by atoms with Gasteiger partial charge in [-0.2, -0.15) is 0 Å². The monoisotopic (exact) mass is 369 g/mol. The topological polar surface area (TPSA) is 37.4 Å². The second kappa shape index (κ2) is 7.46. The van der Waals surface area contributed by atoms with Crippen molar-refractivity contribution in [1.29, 1.82) is 0 Å². The molecule has 0 saturated heterocycles. The molecule has 26 heavy (non-hydrogen) atoms. The number of benzene rings is 2. The Morgan fingerprint density at radius 1 is 0.962 bits per heavy atom.